The molecule has 0 amide bonds. The number of nitrogens with two attached hydrogens (primary N) is 1. The van der Waals surface area contributed by atoms with Gasteiger partial charge in [0, 0.05) is 18.3 Å². The largest absolute Gasteiger partial charge is 0.387 e. The summed E-state index contributed by atoms with van der Waals surface area (Å²) in [6, 6.07) is 8.31. The maximum atomic E-state index is 10.6. The molecule has 5 N–H and O–H groups in total. The first-order valence-electron chi connectivity index (χ1n) is 8.63. The minimum absolute atomic E-state index is 0.486. The molecule has 0 bridgehead atoms. The van der Waals surface area contributed by atoms with Crippen molar-refractivity contribution in [1.29, 1.82) is 0 Å². The Morgan fingerprint density at radius 3 is 2.57 bits per heavy atom. The van der Waals surface area contributed by atoms with Crippen LogP contribution in [-0.4, -0.2) is 55.2 Å². The van der Waals surface area contributed by atoms with Crippen LogP contribution in [0, 0.1) is 0 Å². The zero-order valence-corrected chi connectivity index (χ0v) is 15.7. The number of rotatable bonds is 4. The van der Waals surface area contributed by atoms with Crippen molar-refractivity contribution in [3.63, 3.8) is 0 Å². The first kappa shape index (κ1) is 19.1. The van der Waals surface area contributed by atoms with Gasteiger partial charge in [0.05, 0.1) is 5.39 Å². The highest BCUT2D eigenvalue weighted by Gasteiger charge is 2.47. The van der Waals surface area contributed by atoms with E-state index in [9.17, 15) is 15.3 Å². The summed E-state index contributed by atoms with van der Waals surface area (Å²) in [5.41, 5.74) is 1.01. The monoisotopic (exact) mass is 405 g/mol. The van der Waals surface area contributed by atoms with Crippen LogP contribution in [0.2, 0.25) is 5.02 Å². The summed E-state index contributed by atoms with van der Waals surface area (Å²) < 4.78 is 7.45. The van der Waals surface area contributed by atoms with Crippen molar-refractivity contribution < 1.29 is 20.1 Å². The number of aromatic nitrogens is 3. The van der Waals surface area contributed by atoms with Crippen molar-refractivity contribution >= 4 is 28.5 Å². The lowest BCUT2D eigenvalue weighted by molar-refractivity contribution is -0.0848. The number of hydrazine groups is 1. The van der Waals surface area contributed by atoms with Gasteiger partial charge >= 0.3 is 0 Å². The van der Waals surface area contributed by atoms with E-state index >= 15 is 0 Å². The van der Waals surface area contributed by atoms with Gasteiger partial charge in [-0.25, -0.2) is 15.8 Å². The molecule has 4 rings (SSSR count). The summed E-state index contributed by atoms with van der Waals surface area (Å²) in [6.45, 7) is 0. The van der Waals surface area contributed by atoms with Gasteiger partial charge in [0.1, 0.15) is 36.4 Å². The number of aliphatic hydroxyl groups excluding tert-OH is 3. The number of nitrogens with zero attached hydrogens (tertiary/aromatic N) is 4. The van der Waals surface area contributed by atoms with Crippen LogP contribution in [0.15, 0.2) is 42.9 Å². The number of hydrogen-bond donors (Lipinski definition) is 4. The van der Waals surface area contributed by atoms with Crippen molar-refractivity contribution in [1.82, 2.24) is 14.5 Å². The van der Waals surface area contributed by atoms with E-state index in [0.717, 1.165) is 0 Å². The number of benzene rings is 1. The molecule has 1 unspecified atom stereocenters. The highest BCUT2D eigenvalue weighted by atomic mass is 35.5. The molecule has 2 aromatic heterocycles. The van der Waals surface area contributed by atoms with Crippen LogP contribution in [0.25, 0.3) is 11.0 Å². The molecule has 28 heavy (non-hydrogen) atoms. The van der Waals surface area contributed by atoms with Gasteiger partial charge in [0.15, 0.2) is 12.0 Å². The Labute approximate surface area is 165 Å². The average molecular weight is 406 g/mol. The fraction of sp³-hybridized carbons (Fsp3) is 0.333. The maximum Gasteiger partial charge on any atom is 0.164 e. The van der Waals surface area contributed by atoms with E-state index in [1.807, 2.05) is 0 Å². The number of fused-ring (bicyclic) bond motifs is 1. The molecule has 1 fully saturated rings. The number of halogens is 1. The first-order valence-corrected chi connectivity index (χ1v) is 9.01. The molecule has 3 heterocycles. The first-order chi connectivity index (χ1) is 13.4. The minimum atomic E-state index is -1.30. The van der Waals surface area contributed by atoms with E-state index in [1.165, 1.54) is 11.3 Å². The molecule has 9 nitrogen and oxygen atoms in total. The Kier molecular flexibility index (Phi) is 4.96. The van der Waals surface area contributed by atoms with Gasteiger partial charge in [0.25, 0.3) is 0 Å². The summed E-state index contributed by atoms with van der Waals surface area (Å²) in [7, 11) is 1.66. The van der Waals surface area contributed by atoms with Crippen LogP contribution in [0.1, 0.15) is 17.9 Å². The van der Waals surface area contributed by atoms with Crippen molar-refractivity contribution in [2.24, 2.45) is 5.84 Å². The van der Waals surface area contributed by atoms with Crippen molar-refractivity contribution in [3.05, 3.63) is 53.4 Å². The second kappa shape index (κ2) is 7.28. The zero-order chi connectivity index (χ0) is 20.0. The SMILES string of the molecule is CN(N)c1ncnc2c1ccn2[C@@H]1O[C@H](C(O)c2ccc(Cl)cc2)[C@@H](O)[C@H]1O. The van der Waals surface area contributed by atoms with Crippen LogP contribution < -0.4 is 10.9 Å². The smallest absolute Gasteiger partial charge is 0.164 e. The summed E-state index contributed by atoms with van der Waals surface area (Å²) in [5, 5.41) is 34.3. The van der Waals surface area contributed by atoms with Gasteiger partial charge in [0.2, 0.25) is 0 Å². The summed E-state index contributed by atoms with van der Waals surface area (Å²) in [4.78, 5) is 8.39. The van der Waals surface area contributed by atoms with E-state index < -0.39 is 30.6 Å². The molecule has 148 valence electrons. The Balaban J connectivity index is 1.66. The standard InChI is InChI=1S/C18H20ClN5O4/c1-23(20)16-11-6-7-24(17(11)22-8-21-16)18-14(27)13(26)15(28-18)12(25)9-2-4-10(19)5-3-9/h2-8,12-15,18,25-27H,20H2,1H3/t12?,13-,14+,15+,18+/m0/s1. The molecule has 3 aromatic rings. The minimum Gasteiger partial charge on any atom is -0.387 e. The highest BCUT2D eigenvalue weighted by Crippen LogP contribution is 2.38. The molecular weight excluding hydrogens is 386 g/mol. The van der Waals surface area contributed by atoms with Gasteiger partial charge in [-0.1, -0.05) is 23.7 Å². The zero-order valence-electron chi connectivity index (χ0n) is 14.9. The summed E-state index contributed by atoms with van der Waals surface area (Å²) in [5.74, 6) is 6.31. The van der Waals surface area contributed by atoms with Gasteiger partial charge in [-0.15, -0.1) is 0 Å². The fourth-order valence-electron chi connectivity index (χ4n) is 3.47. The Morgan fingerprint density at radius 1 is 1.18 bits per heavy atom. The van der Waals surface area contributed by atoms with Crippen LogP contribution in [0.4, 0.5) is 5.82 Å². The third-order valence-electron chi connectivity index (χ3n) is 4.89. The molecule has 1 saturated heterocycles. The molecule has 0 aliphatic carbocycles. The Bertz CT molecular complexity index is 980. The molecule has 0 radical (unpaired) electrons. The van der Waals surface area contributed by atoms with E-state index in [1.54, 1.807) is 48.1 Å². The van der Waals surface area contributed by atoms with Crippen molar-refractivity contribution in [3.8, 4) is 0 Å². The lowest BCUT2D eigenvalue weighted by atomic mass is 9.99. The molecule has 0 spiro atoms. The van der Waals surface area contributed by atoms with E-state index in [0.29, 0.717) is 27.4 Å². The lowest BCUT2D eigenvalue weighted by Gasteiger charge is -2.21. The van der Waals surface area contributed by atoms with Crippen LogP contribution in [0.5, 0.6) is 0 Å². The molecule has 1 aromatic carbocycles. The number of anilines is 1. The average Bonchev–Trinajstić information content (AvgIpc) is 3.23. The Morgan fingerprint density at radius 2 is 1.89 bits per heavy atom. The molecule has 1 aliphatic heterocycles. The quantitative estimate of drug-likeness (QED) is 0.369. The molecular formula is C18H20ClN5O4. The van der Waals surface area contributed by atoms with Gasteiger partial charge in [-0.2, -0.15) is 0 Å². The highest BCUT2D eigenvalue weighted by molar-refractivity contribution is 6.30. The molecule has 0 saturated carbocycles. The third-order valence-corrected chi connectivity index (χ3v) is 5.15. The third kappa shape index (κ3) is 3.12. The van der Waals surface area contributed by atoms with Gasteiger partial charge in [-0.05, 0) is 23.8 Å². The molecule has 5 atom stereocenters. The predicted molar refractivity (Wildman–Crippen MR) is 102 cm³/mol. The van der Waals surface area contributed by atoms with Crippen LogP contribution in [0.3, 0.4) is 0 Å². The Hall–Kier alpha value is -2.27. The summed E-state index contributed by atoms with van der Waals surface area (Å²) >= 11 is 5.88. The van der Waals surface area contributed by atoms with Gasteiger partial charge < -0.3 is 24.6 Å². The van der Waals surface area contributed by atoms with Crippen LogP contribution in [-0.2, 0) is 4.74 Å². The van der Waals surface area contributed by atoms with Crippen LogP contribution >= 0.6 is 11.6 Å². The van der Waals surface area contributed by atoms with E-state index in [2.05, 4.69) is 9.97 Å². The van der Waals surface area contributed by atoms with E-state index in [-0.39, 0.29) is 0 Å². The fourth-order valence-corrected chi connectivity index (χ4v) is 3.60. The topological polar surface area (TPSA) is 130 Å². The molecule has 1 aliphatic rings. The normalized spacial score (nSPS) is 25.9. The number of ether oxygens (including phenoxy) is 1. The number of hydrogen-bond acceptors (Lipinski definition) is 8. The number of aliphatic hydroxyl groups is 3. The lowest BCUT2D eigenvalue weighted by Crippen LogP contribution is -2.34. The van der Waals surface area contributed by atoms with Crippen molar-refractivity contribution in [2.45, 2.75) is 30.6 Å². The predicted octanol–water partition coefficient (Wildman–Crippen LogP) is 0.747. The summed E-state index contributed by atoms with van der Waals surface area (Å²) in [6.07, 6.45) is -2.65. The maximum absolute atomic E-state index is 10.6. The second-order valence-corrected chi connectivity index (χ2v) is 7.17. The second-order valence-electron chi connectivity index (χ2n) is 6.74. The van der Waals surface area contributed by atoms with Crippen molar-refractivity contribution in [2.75, 3.05) is 12.1 Å². The van der Waals surface area contributed by atoms with Gasteiger partial charge in [-0.3, -0.25) is 5.01 Å². The van der Waals surface area contributed by atoms with E-state index in [4.69, 9.17) is 22.2 Å². The molecule has 10 heteroatoms.